The highest BCUT2D eigenvalue weighted by Crippen LogP contribution is 2.45. The fourth-order valence-electron chi connectivity index (χ4n) is 2.05. The quantitative estimate of drug-likeness (QED) is 0.568. The van der Waals surface area contributed by atoms with Crippen LogP contribution in [0.2, 0.25) is 25.7 Å². The van der Waals surface area contributed by atoms with Crippen molar-refractivity contribution in [2.75, 3.05) is 18.2 Å². The Morgan fingerprint density at radius 3 is 2.62 bits per heavy atom. The van der Waals surface area contributed by atoms with E-state index in [9.17, 15) is 13.6 Å². The molecule has 0 unspecified atom stereocenters. The lowest BCUT2D eigenvalue weighted by Crippen LogP contribution is -2.36. The molecule has 116 valence electrons. The molecule has 3 nitrogen and oxygen atoms in total. The third kappa shape index (κ3) is 3.52. The molecule has 0 aliphatic carbocycles. The molecule has 0 radical (unpaired) electrons. The number of anilines is 1. The second-order valence-corrected chi connectivity index (χ2v) is 12.9. The van der Waals surface area contributed by atoms with Crippen LogP contribution in [-0.4, -0.2) is 27.3 Å². The van der Waals surface area contributed by atoms with Gasteiger partial charge in [0.25, 0.3) is 0 Å². The molecular formula is C14H18BrF2NO2Si. The number of halogens is 3. The van der Waals surface area contributed by atoms with Gasteiger partial charge in [0.15, 0.2) is 0 Å². The van der Waals surface area contributed by atoms with Gasteiger partial charge in [-0.05, 0) is 24.2 Å². The van der Waals surface area contributed by atoms with Crippen molar-refractivity contribution in [2.45, 2.75) is 31.6 Å². The van der Waals surface area contributed by atoms with E-state index in [0.717, 1.165) is 10.9 Å². The van der Waals surface area contributed by atoms with Gasteiger partial charge in [0.2, 0.25) is 0 Å². The van der Waals surface area contributed by atoms with Crippen molar-refractivity contribution in [3.63, 3.8) is 0 Å². The van der Waals surface area contributed by atoms with Gasteiger partial charge in [-0.15, -0.1) is 0 Å². The molecule has 2 rings (SSSR count). The maximum absolute atomic E-state index is 14.0. The summed E-state index contributed by atoms with van der Waals surface area (Å²) in [5.74, 6) is -4.69. The molecule has 0 spiro atoms. The van der Waals surface area contributed by atoms with Gasteiger partial charge < -0.3 is 4.74 Å². The summed E-state index contributed by atoms with van der Waals surface area (Å²) in [6.45, 7) is 6.96. The molecule has 0 aromatic heterocycles. The minimum Gasteiger partial charge on any atom is -0.361 e. The van der Waals surface area contributed by atoms with Crippen molar-refractivity contribution in [3.8, 4) is 0 Å². The summed E-state index contributed by atoms with van der Waals surface area (Å²) in [7, 11) is -1.24. The molecule has 0 fully saturated rings. The van der Waals surface area contributed by atoms with E-state index in [-0.39, 0.29) is 18.0 Å². The first-order chi connectivity index (χ1) is 9.63. The van der Waals surface area contributed by atoms with Gasteiger partial charge >= 0.3 is 11.8 Å². The zero-order valence-electron chi connectivity index (χ0n) is 12.3. The van der Waals surface area contributed by atoms with Crippen LogP contribution in [0.5, 0.6) is 0 Å². The van der Waals surface area contributed by atoms with E-state index in [1.807, 2.05) is 0 Å². The predicted octanol–water partition coefficient (Wildman–Crippen LogP) is 4.20. The summed E-state index contributed by atoms with van der Waals surface area (Å²) in [5.41, 5.74) is -0.0446. The summed E-state index contributed by atoms with van der Waals surface area (Å²) in [4.78, 5) is 12.9. The van der Waals surface area contributed by atoms with Crippen LogP contribution in [-0.2, 0) is 15.5 Å². The molecule has 0 bridgehead atoms. The van der Waals surface area contributed by atoms with Crippen LogP contribution in [0, 0.1) is 0 Å². The van der Waals surface area contributed by atoms with Gasteiger partial charge in [0.1, 0.15) is 6.73 Å². The Labute approximate surface area is 132 Å². The summed E-state index contributed by atoms with van der Waals surface area (Å²) < 4.78 is 34.0. The Morgan fingerprint density at radius 1 is 1.33 bits per heavy atom. The van der Waals surface area contributed by atoms with Crippen LogP contribution in [0.1, 0.15) is 5.56 Å². The van der Waals surface area contributed by atoms with Crippen molar-refractivity contribution < 1.29 is 18.3 Å². The van der Waals surface area contributed by atoms with Crippen molar-refractivity contribution in [1.82, 2.24) is 0 Å². The van der Waals surface area contributed by atoms with Gasteiger partial charge in [-0.3, -0.25) is 9.69 Å². The first-order valence-electron chi connectivity index (χ1n) is 6.70. The van der Waals surface area contributed by atoms with E-state index < -0.39 is 19.9 Å². The van der Waals surface area contributed by atoms with Gasteiger partial charge in [0.05, 0.1) is 11.3 Å². The van der Waals surface area contributed by atoms with Crippen LogP contribution >= 0.6 is 15.9 Å². The molecule has 1 aromatic carbocycles. The molecule has 0 atom stereocenters. The number of amides is 1. The normalized spacial score (nSPS) is 17.2. The smallest absolute Gasteiger partial charge is 0.352 e. The van der Waals surface area contributed by atoms with Gasteiger partial charge in [0, 0.05) is 19.2 Å². The molecule has 1 heterocycles. The van der Waals surface area contributed by atoms with Gasteiger partial charge in [-0.1, -0.05) is 35.6 Å². The van der Waals surface area contributed by atoms with E-state index in [0.29, 0.717) is 11.1 Å². The third-order valence-electron chi connectivity index (χ3n) is 3.32. The van der Waals surface area contributed by atoms with E-state index in [1.165, 1.54) is 18.2 Å². The molecule has 0 saturated carbocycles. The Balaban J connectivity index is 2.11. The molecule has 1 aliphatic rings. The van der Waals surface area contributed by atoms with Gasteiger partial charge in [-0.2, -0.15) is 8.78 Å². The fourth-order valence-corrected chi connectivity index (χ4v) is 3.16. The van der Waals surface area contributed by atoms with Crippen LogP contribution in [0.4, 0.5) is 14.5 Å². The minimum absolute atomic E-state index is 0.137. The Hall–Kier alpha value is -0.793. The number of carbonyl (C=O) groups is 1. The Kier molecular flexibility index (Phi) is 4.56. The van der Waals surface area contributed by atoms with Crippen LogP contribution in [0.25, 0.3) is 0 Å². The first kappa shape index (κ1) is 16.6. The number of carbonyl (C=O) groups excluding carboxylic acids is 1. The third-order valence-corrected chi connectivity index (χ3v) is 5.52. The van der Waals surface area contributed by atoms with Crippen molar-refractivity contribution >= 4 is 35.6 Å². The summed E-state index contributed by atoms with van der Waals surface area (Å²) >= 11 is 3.24. The minimum atomic E-state index is -3.47. The number of rotatable bonds is 5. The highest BCUT2D eigenvalue weighted by molar-refractivity contribution is 9.10. The molecule has 1 aromatic rings. The number of nitrogens with zero attached hydrogens (tertiary/aromatic N) is 1. The zero-order valence-corrected chi connectivity index (χ0v) is 14.8. The Morgan fingerprint density at radius 2 is 2.00 bits per heavy atom. The summed E-state index contributed by atoms with van der Waals surface area (Å²) in [6, 6.07) is 5.24. The first-order valence-corrected chi connectivity index (χ1v) is 11.2. The highest BCUT2D eigenvalue weighted by Gasteiger charge is 2.52. The molecule has 7 heteroatoms. The monoisotopic (exact) mass is 377 g/mol. The average Bonchev–Trinajstić information content (AvgIpc) is 2.53. The lowest BCUT2D eigenvalue weighted by atomic mass is 10.1. The maximum atomic E-state index is 14.0. The Bertz CT molecular complexity index is 560. The second-order valence-electron chi connectivity index (χ2n) is 6.32. The molecule has 0 saturated heterocycles. The van der Waals surface area contributed by atoms with E-state index in [1.54, 1.807) is 0 Å². The lowest BCUT2D eigenvalue weighted by molar-refractivity contribution is -0.142. The van der Waals surface area contributed by atoms with E-state index in [2.05, 4.69) is 35.6 Å². The molecular weight excluding hydrogens is 360 g/mol. The van der Waals surface area contributed by atoms with Gasteiger partial charge in [-0.25, -0.2) is 0 Å². The van der Waals surface area contributed by atoms with Crippen LogP contribution in [0.15, 0.2) is 22.7 Å². The summed E-state index contributed by atoms with van der Waals surface area (Å²) in [6.07, 6.45) is 0. The van der Waals surface area contributed by atoms with Crippen LogP contribution in [0.3, 0.4) is 0 Å². The largest absolute Gasteiger partial charge is 0.361 e. The predicted molar refractivity (Wildman–Crippen MR) is 84.5 cm³/mol. The standard InChI is InChI=1S/C14H18BrF2NO2Si/c1-21(2,3)7-6-20-9-18-12-8-10(15)4-5-11(12)14(16,17)13(18)19/h4-5,8H,6-7,9H2,1-3H3. The summed E-state index contributed by atoms with van der Waals surface area (Å²) in [5, 5.41) is 0. The maximum Gasteiger partial charge on any atom is 0.352 e. The number of ether oxygens (including phenoxy) is 1. The number of alkyl halides is 2. The second kappa shape index (κ2) is 5.77. The zero-order chi connectivity index (χ0) is 15.8. The highest BCUT2D eigenvalue weighted by atomic mass is 79.9. The molecule has 0 N–H and O–H groups in total. The molecule has 1 aliphatic heterocycles. The number of hydrogen-bond donors (Lipinski definition) is 0. The average molecular weight is 378 g/mol. The lowest BCUT2D eigenvalue weighted by Gasteiger charge is -2.20. The van der Waals surface area contributed by atoms with Crippen molar-refractivity contribution in [1.29, 1.82) is 0 Å². The molecule has 21 heavy (non-hydrogen) atoms. The topological polar surface area (TPSA) is 29.5 Å². The fraction of sp³-hybridized carbons (Fsp3) is 0.500. The SMILES string of the molecule is C[Si](C)(C)CCOCN1C(=O)C(F)(F)c2ccc(Br)cc21. The molecule has 1 amide bonds. The van der Waals surface area contributed by atoms with E-state index in [4.69, 9.17) is 4.74 Å². The van der Waals surface area contributed by atoms with Crippen molar-refractivity contribution in [3.05, 3.63) is 28.2 Å². The van der Waals surface area contributed by atoms with Crippen LogP contribution < -0.4 is 4.90 Å². The van der Waals surface area contributed by atoms with E-state index >= 15 is 0 Å². The van der Waals surface area contributed by atoms with Crippen molar-refractivity contribution in [2.24, 2.45) is 0 Å². The number of fused-ring (bicyclic) bond motifs is 1. The number of benzene rings is 1. The number of hydrogen-bond acceptors (Lipinski definition) is 2.